The van der Waals surface area contributed by atoms with Gasteiger partial charge in [0.2, 0.25) is 0 Å². The summed E-state index contributed by atoms with van der Waals surface area (Å²) in [6.07, 6.45) is 1.66. The highest BCUT2D eigenvalue weighted by Crippen LogP contribution is 2.41. The van der Waals surface area contributed by atoms with Gasteiger partial charge < -0.3 is 24.6 Å². The highest BCUT2D eigenvalue weighted by molar-refractivity contribution is 9.10. The van der Waals surface area contributed by atoms with Crippen LogP contribution in [0.4, 0.5) is 0 Å². The number of aliphatic hydroxyl groups is 1. The van der Waals surface area contributed by atoms with Crippen LogP contribution in [0.2, 0.25) is 0 Å². The summed E-state index contributed by atoms with van der Waals surface area (Å²) in [6.45, 7) is 0.258. The number of ketones is 1. The Kier molecular flexibility index (Phi) is 8.33. The van der Waals surface area contributed by atoms with Crippen molar-refractivity contribution in [1.29, 1.82) is 0 Å². The molecule has 1 heterocycles. The van der Waals surface area contributed by atoms with Crippen LogP contribution in [0.25, 0.3) is 5.76 Å². The van der Waals surface area contributed by atoms with Crippen LogP contribution in [-0.4, -0.2) is 53.5 Å². The largest absolute Gasteiger partial charge is 0.507 e. The van der Waals surface area contributed by atoms with Gasteiger partial charge in [0.05, 0.1) is 25.8 Å². The zero-order valence-electron chi connectivity index (χ0n) is 18.9. The number of amides is 1. The number of carbonyl (C=O) groups is 3. The number of aliphatic carboxylic acids is 1. The standard InChI is InChI=1S/C25H26BrNO7/c1-33-18-12-9-16(14-19(18)34-2)23(30)21-22(15-7-10-17(26)11-8-15)27(25(32)24(21)31)13-5-3-4-6-20(28)29/h7-12,14,22,30H,3-6,13H2,1-2H3,(H,28,29)/t22-/m1/s1. The number of unbranched alkanes of at least 4 members (excludes halogenated alkanes) is 2. The maximum atomic E-state index is 13.1. The van der Waals surface area contributed by atoms with E-state index < -0.39 is 23.7 Å². The van der Waals surface area contributed by atoms with E-state index in [1.165, 1.54) is 19.1 Å². The maximum absolute atomic E-state index is 13.1. The van der Waals surface area contributed by atoms with E-state index in [0.717, 1.165) is 4.47 Å². The molecular formula is C25H26BrNO7. The minimum Gasteiger partial charge on any atom is -0.507 e. The summed E-state index contributed by atoms with van der Waals surface area (Å²) in [5.74, 6) is -1.81. The first-order valence-corrected chi connectivity index (χ1v) is 11.6. The molecule has 3 rings (SSSR count). The molecule has 1 saturated heterocycles. The third-order valence-corrected chi connectivity index (χ3v) is 6.20. The van der Waals surface area contributed by atoms with Crippen molar-refractivity contribution in [2.75, 3.05) is 20.8 Å². The van der Waals surface area contributed by atoms with Crippen LogP contribution in [0.1, 0.15) is 42.9 Å². The van der Waals surface area contributed by atoms with Gasteiger partial charge in [-0.3, -0.25) is 14.4 Å². The molecule has 0 aliphatic carbocycles. The number of ether oxygens (including phenoxy) is 2. The summed E-state index contributed by atoms with van der Waals surface area (Å²) in [6, 6.07) is 11.2. The van der Waals surface area contributed by atoms with E-state index in [2.05, 4.69) is 15.9 Å². The van der Waals surface area contributed by atoms with E-state index in [9.17, 15) is 19.5 Å². The first-order chi connectivity index (χ1) is 16.3. The van der Waals surface area contributed by atoms with Gasteiger partial charge in [0.15, 0.2) is 11.5 Å². The van der Waals surface area contributed by atoms with Gasteiger partial charge in [-0.15, -0.1) is 0 Å². The predicted molar refractivity (Wildman–Crippen MR) is 129 cm³/mol. The Morgan fingerprint density at radius 1 is 0.971 bits per heavy atom. The van der Waals surface area contributed by atoms with Crippen LogP contribution >= 0.6 is 15.9 Å². The molecule has 0 spiro atoms. The van der Waals surface area contributed by atoms with Gasteiger partial charge in [-0.2, -0.15) is 0 Å². The molecule has 2 aromatic carbocycles. The molecule has 1 aliphatic heterocycles. The lowest BCUT2D eigenvalue weighted by Crippen LogP contribution is -2.30. The molecule has 8 nitrogen and oxygen atoms in total. The third-order valence-electron chi connectivity index (χ3n) is 5.67. The van der Waals surface area contributed by atoms with Gasteiger partial charge in [0, 0.05) is 23.0 Å². The van der Waals surface area contributed by atoms with E-state index in [1.54, 1.807) is 42.5 Å². The van der Waals surface area contributed by atoms with Crippen molar-refractivity contribution in [1.82, 2.24) is 4.90 Å². The van der Waals surface area contributed by atoms with Gasteiger partial charge in [0.1, 0.15) is 5.76 Å². The average Bonchev–Trinajstić information content (AvgIpc) is 3.08. The Balaban J connectivity index is 2.01. The number of carboxylic acid groups (broad SMARTS) is 1. The fraction of sp³-hybridized carbons (Fsp3) is 0.320. The molecule has 0 saturated carbocycles. The molecule has 0 radical (unpaired) electrons. The molecule has 1 fully saturated rings. The summed E-state index contributed by atoms with van der Waals surface area (Å²) < 4.78 is 11.4. The predicted octanol–water partition coefficient (Wildman–Crippen LogP) is 4.53. The molecule has 9 heteroatoms. The number of rotatable bonds is 10. The van der Waals surface area contributed by atoms with Crippen molar-refractivity contribution in [3.8, 4) is 11.5 Å². The number of aliphatic hydroxyl groups excluding tert-OH is 1. The molecule has 34 heavy (non-hydrogen) atoms. The molecule has 1 amide bonds. The smallest absolute Gasteiger partial charge is 0.303 e. The van der Waals surface area contributed by atoms with Crippen molar-refractivity contribution >= 4 is 39.3 Å². The molecule has 1 atom stereocenters. The Hall–Kier alpha value is -3.33. The molecular weight excluding hydrogens is 506 g/mol. The molecule has 0 unspecified atom stereocenters. The maximum Gasteiger partial charge on any atom is 0.303 e. The monoisotopic (exact) mass is 531 g/mol. The third kappa shape index (κ3) is 5.41. The molecule has 0 bridgehead atoms. The minimum atomic E-state index is -0.870. The topological polar surface area (TPSA) is 113 Å². The van der Waals surface area contributed by atoms with Crippen LogP contribution in [0.3, 0.4) is 0 Å². The number of nitrogens with zero attached hydrogens (tertiary/aromatic N) is 1. The summed E-state index contributed by atoms with van der Waals surface area (Å²) in [5.41, 5.74) is 0.985. The Morgan fingerprint density at radius 2 is 1.65 bits per heavy atom. The SMILES string of the molecule is COc1ccc(C(O)=C2C(=O)C(=O)N(CCCCCC(=O)O)[C@@H]2c2ccc(Br)cc2)cc1OC. The number of hydrogen-bond acceptors (Lipinski definition) is 6. The number of carboxylic acids is 1. The van der Waals surface area contributed by atoms with Crippen molar-refractivity contribution in [2.24, 2.45) is 0 Å². The van der Waals surface area contributed by atoms with Crippen LogP contribution < -0.4 is 9.47 Å². The molecule has 180 valence electrons. The van der Waals surface area contributed by atoms with Gasteiger partial charge in [-0.05, 0) is 48.7 Å². The second-order valence-electron chi connectivity index (χ2n) is 7.82. The Bertz CT molecular complexity index is 1110. The van der Waals surface area contributed by atoms with Crippen LogP contribution in [0.5, 0.6) is 11.5 Å². The van der Waals surface area contributed by atoms with Crippen LogP contribution in [-0.2, 0) is 14.4 Å². The summed E-state index contributed by atoms with van der Waals surface area (Å²) in [5, 5.41) is 20.0. The van der Waals surface area contributed by atoms with E-state index in [4.69, 9.17) is 14.6 Å². The van der Waals surface area contributed by atoms with Gasteiger partial charge in [0.25, 0.3) is 11.7 Å². The molecule has 1 aliphatic rings. The highest BCUT2D eigenvalue weighted by Gasteiger charge is 2.45. The average molecular weight is 532 g/mol. The Morgan fingerprint density at radius 3 is 2.26 bits per heavy atom. The van der Waals surface area contributed by atoms with Crippen molar-refractivity contribution in [3.05, 3.63) is 63.6 Å². The molecule has 0 aromatic heterocycles. The zero-order valence-corrected chi connectivity index (χ0v) is 20.5. The van der Waals surface area contributed by atoms with E-state index in [1.807, 2.05) is 0 Å². The van der Waals surface area contributed by atoms with Gasteiger partial charge in [-0.1, -0.05) is 34.5 Å². The molecule has 2 N–H and O–H groups in total. The second-order valence-corrected chi connectivity index (χ2v) is 8.73. The number of benzene rings is 2. The fourth-order valence-electron chi connectivity index (χ4n) is 3.98. The first kappa shape index (κ1) is 25.3. The summed E-state index contributed by atoms with van der Waals surface area (Å²) in [4.78, 5) is 38.3. The summed E-state index contributed by atoms with van der Waals surface area (Å²) in [7, 11) is 2.96. The van der Waals surface area contributed by atoms with Crippen LogP contribution in [0.15, 0.2) is 52.5 Å². The normalized spacial score (nSPS) is 17.1. The highest BCUT2D eigenvalue weighted by atomic mass is 79.9. The number of Topliss-reactive ketones (excluding diaryl/α,β-unsaturated/α-hetero) is 1. The lowest BCUT2D eigenvalue weighted by molar-refractivity contribution is -0.140. The lowest BCUT2D eigenvalue weighted by atomic mass is 9.95. The van der Waals surface area contributed by atoms with E-state index in [-0.39, 0.29) is 24.3 Å². The van der Waals surface area contributed by atoms with Crippen molar-refractivity contribution in [2.45, 2.75) is 31.7 Å². The van der Waals surface area contributed by atoms with Gasteiger partial charge >= 0.3 is 5.97 Å². The van der Waals surface area contributed by atoms with Gasteiger partial charge in [-0.25, -0.2) is 0 Å². The summed E-state index contributed by atoms with van der Waals surface area (Å²) >= 11 is 3.39. The van der Waals surface area contributed by atoms with Crippen molar-refractivity contribution < 1.29 is 34.1 Å². The minimum absolute atomic E-state index is 0.00919. The molecule has 2 aromatic rings. The van der Waals surface area contributed by atoms with Crippen LogP contribution in [0, 0.1) is 0 Å². The Labute approximate surface area is 205 Å². The zero-order chi connectivity index (χ0) is 24.8. The first-order valence-electron chi connectivity index (χ1n) is 10.8. The van der Waals surface area contributed by atoms with E-state index in [0.29, 0.717) is 41.9 Å². The van der Waals surface area contributed by atoms with Crippen molar-refractivity contribution in [3.63, 3.8) is 0 Å². The van der Waals surface area contributed by atoms with E-state index >= 15 is 0 Å². The number of halogens is 1. The number of methoxy groups -OCH3 is 2. The fourth-order valence-corrected chi connectivity index (χ4v) is 4.24. The number of likely N-dealkylation sites (tertiary alicyclic amines) is 1. The quantitative estimate of drug-likeness (QED) is 0.200. The lowest BCUT2D eigenvalue weighted by Gasteiger charge is -2.25. The second kappa shape index (κ2) is 11.2. The number of carbonyl (C=O) groups excluding carboxylic acids is 2. The number of hydrogen-bond donors (Lipinski definition) is 2.